The second-order valence-corrected chi connectivity index (χ2v) is 8.73. The third-order valence-electron chi connectivity index (χ3n) is 5.42. The maximum absolute atomic E-state index is 11.7. The van der Waals surface area contributed by atoms with E-state index in [0.717, 1.165) is 17.9 Å². The Hall–Kier alpha value is -2.03. The van der Waals surface area contributed by atoms with Gasteiger partial charge in [0.25, 0.3) is 0 Å². The molecule has 0 bridgehead atoms. The van der Waals surface area contributed by atoms with Crippen LogP contribution in [-0.2, 0) is 10.4 Å². The number of ether oxygens (including phenoxy) is 1. The van der Waals surface area contributed by atoms with E-state index in [4.69, 9.17) is 4.74 Å². The zero-order valence-electron chi connectivity index (χ0n) is 17.4. The monoisotopic (exact) mass is 433 g/mol. The Balaban J connectivity index is 1.39. The molecule has 1 saturated carbocycles. The molecule has 2 fully saturated rings. The molecule has 3 rings (SSSR count). The van der Waals surface area contributed by atoms with Crippen molar-refractivity contribution in [2.75, 3.05) is 32.0 Å². The summed E-state index contributed by atoms with van der Waals surface area (Å²) < 4.78 is 9.09. The first-order valence-corrected chi connectivity index (χ1v) is 11.5. The average molecular weight is 434 g/mol. The summed E-state index contributed by atoms with van der Waals surface area (Å²) >= 11 is 1.50. The fraction of sp³-hybridized carbons (Fsp3) is 0.545. The number of imide groups is 1. The fourth-order valence-electron chi connectivity index (χ4n) is 3.13. The quantitative estimate of drug-likeness (QED) is 0.267. The van der Waals surface area contributed by atoms with Gasteiger partial charge in [-0.2, -0.15) is 0 Å². The number of urea groups is 1. The van der Waals surface area contributed by atoms with E-state index >= 15 is 0 Å². The molecule has 0 spiro atoms. The minimum Gasteiger partial charge on any atom is -0.493 e. The summed E-state index contributed by atoms with van der Waals surface area (Å²) in [6, 6.07) is 7.41. The first-order valence-electron chi connectivity index (χ1n) is 10.5. The Morgan fingerprint density at radius 2 is 2.20 bits per heavy atom. The fourth-order valence-corrected chi connectivity index (χ4v) is 3.82. The SMILES string of the molecule is CC[C@@](O)(CNSC/C=C/CN1CCC(=O)NC1=O)c1cccc(OCC2CC2)c1. The predicted molar refractivity (Wildman–Crippen MR) is 118 cm³/mol. The predicted octanol–water partition coefficient (Wildman–Crippen LogP) is 2.81. The average Bonchev–Trinajstić information content (AvgIpc) is 3.57. The third-order valence-corrected chi connectivity index (χ3v) is 6.13. The second kappa shape index (κ2) is 10.8. The number of nitrogens with one attached hydrogen (secondary N) is 2. The lowest BCUT2D eigenvalue weighted by atomic mass is 9.91. The number of hydrogen-bond acceptors (Lipinski definition) is 6. The van der Waals surface area contributed by atoms with E-state index < -0.39 is 5.60 Å². The van der Waals surface area contributed by atoms with E-state index in [1.54, 1.807) is 4.90 Å². The Morgan fingerprint density at radius 3 is 2.93 bits per heavy atom. The molecule has 7 nitrogen and oxygen atoms in total. The van der Waals surface area contributed by atoms with Crippen LogP contribution in [0.4, 0.5) is 4.79 Å². The van der Waals surface area contributed by atoms with Crippen LogP contribution in [0.1, 0.15) is 38.2 Å². The van der Waals surface area contributed by atoms with Crippen LogP contribution in [0.3, 0.4) is 0 Å². The molecule has 1 aromatic rings. The van der Waals surface area contributed by atoms with E-state index in [1.165, 1.54) is 24.8 Å². The molecule has 1 aromatic carbocycles. The van der Waals surface area contributed by atoms with Crippen LogP contribution in [0.25, 0.3) is 0 Å². The van der Waals surface area contributed by atoms with Crippen LogP contribution in [0, 0.1) is 5.92 Å². The summed E-state index contributed by atoms with van der Waals surface area (Å²) in [5.74, 6) is 1.99. The van der Waals surface area contributed by atoms with Gasteiger partial charge in [-0.25, -0.2) is 4.79 Å². The molecular weight excluding hydrogens is 402 g/mol. The molecular formula is C22H31N3O4S. The van der Waals surface area contributed by atoms with E-state index in [1.807, 2.05) is 43.3 Å². The molecule has 1 aliphatic heterocycles. The molecule has 0 radical (unpaired) electrons. The minimum absolute atomic E-state index is 0.219. The topological polar surface area (TPSA) is 90.9 Å². The van der Waals surface area contributed by atoms with Gasteiger partial charge >= 0.3 is 6.03 Å². The Morgan fingerprint density at radius 1 is 1.37 bits per heavy atom. The van der Waals surface area contributed by atoms with Crippen molar-refractivity contribution in [3.05, 3.63) is 42.0 Å². The number of hydrogen-bond donors (Lipinski definition) is 3. The first-order chi connectivity index (χ1) is 14.5. The normalized spacial score (nSPS) is 19.1. The molecule has 0 aromatic heterocycles. The molecule has 8 heteroatoms. The van der Waals surface area contributed by atoms with Gasteiger partial charge in [-0.3, -0.25) is 14.8 Å². The van der Waals surface area contributed by atoms with Crippen LogP contribution in [0.2, 0.25) is 0 Å². The van der Waals surface area contributed by atoms with Crippen LogP contribution in [-0.4, -0.2) is 53.9 Å². The van der Waals surface area contributed by atoms with Crippen molar-refractivity contribution >= 4 is 23.9 Å². The Bertz CT molecular complexity index is 769. The summed E-state index contributed by atoms with van der Waals surface area (Å²) in [5.41, 5.74) is -0.110. The summed E-state index contributed by atoms with van der Waals surface area (Å²) in [5, 5.41) is 13.4. The number of carbonyl (C=O) groups is 2. The van der Waals surface area contributed by atoms with E-state index in [0.29, 0.717) is 44.1 Å². The summed E-state index contributed by atoms with van der Waals surface area (Å²) in [6.07, 6.45) is 7.32. The van der Waals surface area contributed by atoms with Crippen molar-refractivity contribution < 1.29 is 19.4 Å². The van der Waals surface area contributed by atoms with Gasteiger partial charge in [-0.1, -0.05) is 43.2 Å². The highest BCUT2D eigenvalue weighted by molar-refractivity contribution is 7.97. The highest BCUT2D eigenvalue weighted by atomic mass is 32.2. The molecule has 1 atom stereocenters. The van der Waals surface area contributed by atoms with Gasteiger partial charge in [0, 0.05) is 31.8 Å². The number of amides is 3. The van der Waals surface area contributed by atoms with Gasteiger partial charge < -0.3 is 14.7 Å². The summed E-state index contributed by atoms with van der Waals surface area (Å²) in [4.78, 5) is 24.4. The summed E-state index contributed by atoms with van der Waals surface area (Å²) in [7, 11) is 0. The van der Waals surface area contributed by atoms with Crippen molar-refractivity contribution in [1.29, 1.82) is 0 Å². The van der Waals surface area contributed by atoms with Gasteiger partial charge in [0.2, 0.25) is 5.91 Å². The molecule has 0 unspecified atom stereocenters. The molecule has 3 amide bonds. The molecule has 3 N–H and O–H groups in total. The number of rotatable bonds is 12. The van der Waals surface area contributed by atoms with Crippen molar-refractivity contribution in [2.45, 2.75) is 38.2 Å². The second-order valence-electron chi connectivity index (χ2n) is 7.82. The highest BCUT2D eigenvalue weighted by Crippen LogP contribution is 2.31. The maximum atomic E-state index is 11.7. The maximum Gasteiger partial charge on any atom is 0.324 e. The zero-order valence-corrected chi connectivity index (χ0v) is 18.2. The smallest absolute Gasteiger partial charge is 0.324 e. The van der Waals surface area contributed by atoms with Crippen LogP contribution in [0.5, 0.6) is 5.75 Å². The lowest BCUT2D eigenvalue weighted by molar-refractivity contribution is -0.121. The Labute approximate surface area is 182 Å². The Kier molecular flexibility index (Phi) is 8.18. The lowest BCUT2D eigenvalue weighted by Crippen LogP contribution is -2.49. The summed E-state index contributed by atoms with van der Waals surface area (Å²) in [6.45, 7) is 4.08. The molecule has 2 aliphatic rings. The number of nitrogens with zero attached hydrogens (tertiary/aromatic N) is 1. The van der Waals surface area contributed by atoms with Gasteiger partial charge in [0.15, 0.2) is 0 Å². The third kappa shape index (κ3) is 6.75. The largest absolute Gasteiger partial charge is 0.493 e. The lowest BCUT2D eigenvalue weighted by Gasteiger charge is -2.28. The van der Waals surface area contributed by atoms with Crippen LogP contribution in [0.15, 0.2) is 36.4 Å². The van der Waals surface area contributed by atoms with Gasteiger partial charge in [-0.15, -0.1) is 0 Å². The van der Waals surface area contributed by atoms with E-state index in [9.17, 15) is 14.7 Å². The van der Waals surface area contributed by atoms with E-state index in [2.05, 4.69) is 10.0 Å². The minimum atomic E-state index is -0.964. The number of aliphatic hydroxyl groups is 1. The molecule has 164 valence electrons. The first kappa shape index (κ1) is 22.7. The van der Waals surface area contributed by atoms with Crippen LogP contribution >= 0.6 is 11.9 Å². The number of benzene rings is 1. The molecule has 1 aliphatic carbocycles. The molecule has 1 saturated heterocycles. The van der Waals surface area contributed by atoms with Crippen LogP contribution < -0.4 is 14.8 Å². The highest BCUT2D eigenvalue weighted by Gasteiger charge is 2.28. The zero-order chi connectivity index (χ0) is 21.4. The van der Waals surface area contributed by atoms with Gasteiger partial charge in [-0.05, 0) is 42.9 Å². The van der Waals surface area contributed by atoms with Crippen molar-refractivity contribution in [1.82, 2.24) is 14.9 Å². The molecule has 1 heterocycles. The van der Waals surface area contributed by atoms with E-state index in [-0.39, 0.29) is 11.9 Å². The van der Waals surface area contributed by atoms with Crippen molar-refractivity contribution in [3.8, 4) is 5.75 Å². The van der Waals surface area contributed by atoms with Crippen molar-refractivity contribution in [2.24, 2.45) is 5.92 Å². The number of carbonyl (C=O) groups excluding carboxylic acids is 2. The van der Waals surface area contributed by atoms with Gasteiger partial charge in [0.05, 0.1) is 6.61 Å². The standard InChI is InChI=1S/C22H31N3O4S/c1-2-22(28,18-6-5-7-19(14-18)29-15-17-8-9-17)16-23-30-13-4-3-11-25-12-10-20(26)24-21(25)27/h3-7,14,17,23,28H,2,8-13,15-16H2,1H3,(H,24,26,27)/b4-3+/t22-/m1/s1. The molecule has 30 heavy (non-hydrogen) atoms. The van der Waals surface area contributed by atoms with Crippen molar-refractivity contribution in [3.63, 3.8) is 0 Å². The van der Waals surface area contributed by atoms with Gasteiger partial charge in [0.1, 0.15) is 11.4 Å².